The molecule has 0 saturated carbocycles. The Kier molecular flexibility index (Phi) is 7.81. The summed E-state index contributed by atoms with van der Waals surface area (Å²) in [5.74, 6) is 1.26. The molecule has 140 valence electrons. The second-order valence-electron chi connectivity index (χ2n) is 5.69. The zero-order valence-electron chi connectivity index (χ0n) is 15.3. The van der Waals surface area contributed by atoms with Gasteiger partial charge in [-0.2, -0.15) is 0 Å². The number of hydrogen-bond acceptors (Lipinski definition) is 5. The molecular weight excluding hydrogens is 416 g/mol. The summed E-state index contributed by atoms with van der Waals surface area (Å²) in [6, 6.07) is 11.6. The van der Waals surface area contributed by atoms with Gasteiger partial charge in [-0.25, -0.2) is 0 Å². The smallest absolute Gasteiger partial charge is 0.238 e. The second-order valence-corrected chi connectivity index (χ2v) is 7.34. The van der Waals surface area contributed by atoms with Crippen LogP contribution in [0.15, 0.2) is 45.8 Å². The van der Waals surface area contributed by atoms with Crippen molar-refractivity contribution >= 4 is 39.3 Å². The molecule has 0 aliphatic carbocycles. The number of carbonyl (C=O) groups is 1. The fourth-order valence-corrected chi connectivity index (χ4v) is 3.75. The first kappa shape index (κ1) is 20.6. The number of amides is 1. The quantitative estimate of drug-likeness (QED) is 0.623. The van der Waals surface area contributed by atoms with Crippen molar-refractivity contribution in [1.82, 2.24) is 4.90 Å². The molecule has 0 unspecified atom stereocenters. The first-order valence-electron chi connectivity index (χ1n) is 8.01. The molecule has 1 amide bonds. The molecule has 0 aliphatic rings. The maximum Gasteiger partial charge on any atom is 0.238 e. The van der Waals surface area contributed by atoms with E-state index in [-0.39, 0.29) is 12.5 Å². The highest BCUT2D eigenvalue weighted by molar-refractivity contribution is 9.10. The molecule has 0 spiro atoms. The van der Waals surface area contributed by atoms with Crippen LogP contribution in [0.1, 0.15) is 5.56 Å². The monoisotopic (exact) mass is 438 g/mol. The fraction of sp³-hybridized carbons (Fsp3) is 0.316. The minimum atomic E-state index is -0.0504. The van der Waals surface area contributed by atoms with Crippen LogP contribution in [0.3, 0.4) is 0 Å². The number of halogens is 1. The normalized spacial score (nSPS) is 10.7. The van der Waals surface area contributed by atoms with Crippen molar-refractivity contribution in [3.05, 3.63) is 46.4 Å². The summed E-state index contributed by atoms with van der Waals surface area (Å²) in [6.45, 7) is 0.877. The van der Waals surface area contributed by atoms with Crippen molar-refractivity contribution in [3.8, 4) is 11.5 Å². The van der Waals surface area contributed by atoms with Crippen LogP contribution >= 0.6 is 27.7 Å². The van der Waals surface area contributed by atoms with Crippen LogP contribution in [0.25, 0.3) is 0 Å². The molecule has 0 aliphatic heterocycles. The molecule has 0 radical (unpaired) electrons. The molecule has 5 nitrogen and oxygen atoms in total. The number of para-hydroxylation sites is 1. The van der Waals surface area contributed by atoms with Gasteiger partial charge in [0.2, 0.25) is 5.91 Å². The van der Waals surface area contributed by atoms with E-state index in [4.69, 9.17) is 9.47 Å². The average Bonchev–Trinajstić information content (AvgIpc) is 2.63. The van der Waals surface area contributed by atoms with Gasteiger partial charge in [0.05, 0.1) is 30.9 Å². The number of benzene rings is 2. The number of anilines is 1. The van der Waals surface area contributed by atoms with Crippen LogP contribution in [-0.2, 0) is 11.3 Å². The summed E-state index contributed by atoms with van der Waals surface area (Å²) in [4.78, 5) is 15.4. The minimum absolute atomic E-state index is 0.0504. The highest BCUT2D eigenvalue weighted by atomic mass is 79.9. The fourth-order valence-electron chi connectivity index (χ4n) is 2.58. The number of methoxy groups -OCH3 is 2. The second kappa shape index (κ2) is 9.85. The topological polar surface area (TPSA) is 50.8 Å². The highest BCUT2D eigenvalue weighted by Gasteiger charge is 2.15. The first-order valence-corrected chi connectivity index (χ1v) is 10.0. The van der Waals surface area contributed by atoms with Gasteiger partial charge < -0.3 is 14.8 Å². The minimum Gasteiger partial charge on any atom is -0.493 e. The molecule has 26 heavy (non-hydrogen) atoms. The maximum atomic E-state index is 12.4. The number of hydrogen-bond donors (Lipinski definition) is 1. The van der Waals surface area contributed by atoms with Crippen LogP contribution in [0, 0.1) is 0 Å². The molecule has 7 heteroatoms. The van der Waals surface area contributed by atoms with Crippen LogP contribution in [0.2, 0.25) is 0 Å². The van der Waals surface area contributed by atoms with Crippen LogP contribution in [-0.4, -0.2) is 44.9 Å². The molecule has 0 fully saturated rings. The Labute approximate surface area is 167 Å². The van der Waals surface area contributed by atoms with Crippen molar-refractivity contribution in [3.63, 3.8) is 0 Å². The van der Waals surface area contributed by atoms with Crippen molar-refractivity contribution in [2.24, 2.45) is 0 Å². The number of ether oxygens (including phenoxy) is 2. The Balaban J connectivity index is 2.02. The molecule has 2 aromatic carbocycles. The van der Waals surface area contributed by atoms with Gasteiger partial charge in [-0.05, 0) is 53.0 Å². The molecule has 0 saturated heterocycles. The third-order valence-electron chi connectivity index (χ3n) is 3.80. The van der Waals surface area contributed by atoms with E-state index in [0.717, 1.165) is 20.6 Å². The Hall–Kier alpha value is -1.70. The van der Waals surface area contributed by atoms with Crippen molar-refractivity contribution in [1.29, 1.82) is 0 Å². The van der Waals surface area contributed by atoms with Crippen LogP contribution in [0.5, 0.6) is 11.5 Å². The van der Waals surface area contributed by atoms with Gasteiger partial charge in [0.25, 0.3) is 0 Å². The lowest BCUT2D eigenvalue weighted by Gasteiger charge is -2.19. The molecule has 1 N–H and O–H groups in total. The SMILES string of the molecule is COc1ccc(CN(C)CC(=O)Nc2ccccc2SC)c(Br)c1OC. The molecule has 0 atom stereocenters. The van der Waals surface area contributed by atoms with Gasteiger partial charge in [-0.1, -0.05) is 18.2 Å². The largest absolute Gasteiger partial charge is 0.493 e. The van der Waals surface area contributed by atoms with E-state index in [1.807, 2.05) is 54.6 Å². The predicted octanol–water partition coefficient (Wildman–Crippen LogP) is 4.26. The summed E-state index contributed by atoms with van der Waals surface area (Å²) < 4.78 is 11.5. The predicted molar refractivity (Wildman–Crippen MR) is 110 cm³/mol. The number of likely N-dealkylation sites (N-methyl/N-ethyl adjacent to an activating group) is 1. The zero-order chi connectivity index (χ0) is 19.1. The summed E-state index contributed by atoms with van der Waals surface area (Å²) in [5.41, 5.74) is 1.85. The third kappa shape index (κ3) is 5.16. The molecule has 0 aromatic heterocycles. The van der Waals surface area contributed by atoms with Gasteiger partial charge in [-0.3, -0.25) is 9.69 Å². The van der Waals surface area contributed by atoms with E-state index in [9.17, 15) is 4.79 Å². The van der Waals surface area contributed by atoms with E-state index in [1.165, 1.54) is 0 Å². The van der Waals surface area contributed by atoms with Gasteiger partial charge in [0.1, 0.15) is 0 Å². The number of nitrogens with one attached hydrogen (secondary N) is 1. The Morgan fingerprint density at radius 3 is 2.58 bits per heavy atom. The van der Waals surface area contributed by atoms with Gasteiger partial charge in [0.15, 0.2) is 11.5 Å². The van der Waals surface area contributed by atoms with E-state index >= 15 is 0 Å². The van der Waals surface area contributed by atoms with Crippen LogP contribution < -0.4 is 14.8 Å². The van der Waals surface area contributed by atoms with E-state index in [2.05, 4.69) is 21.2 Å². The van der Waals surface area contributed by atoms with Gasteiger partial charge in [-0.15, -0.1) is 11.8 Å². The maximum absolute atomic E-state index is 12.4. The Bertz CT molecular complexity index is 770. The lowest BCUT2D eigenvalue weighted by molar-refractivity contribution is -0.117. The van der Waals surface area contributed by atoms with E-state index < -0.39 is 0 Å². The number of thioether (sulfide) groups is 1. The number of nitrogens with zero attached hydrogens (tertiary/aromatic N) is 1. The summed E-state index contributed by atoms with van der Waals surface area (Å²) in [6.07, 6.45) is 1.99. The Morgan fingerprint density at radius 2 is 1.92 bits per heavy atom. The number of carbonyl (C=O) groups excluding carboxylic acids is 1. The van der Waals surface area contributed by atoms with Crippen molar-refractivity contribution < 1.29 is 14.3 Å². The van der Waals surface area contributed by atoms with E-state index in [0.29, 0.717) is 18.0 Å². The Morgan fingerprint density at radius 1 is 1.19 bits per heavy atom. The lowest BCUT2D eigenvalue weighted by Crippen LogP contribution is -2.30. The first-order chi connectivity index (χ1) is 12.5. The van der Waals surface area contributed by atoms with Crippen LogP contribution in [0.4, 0.5) is 5.69 Å². The summed E-state index contributed by atoms with van der Waals surface area (Å²) in [7, 11) is 5.11. The van der Waals surface area contributed by atoms with Crippen molar-refractivity contribution in [2.45, 2.75) is 11.4 Å². The molecule has 2 aromatic rings. The van der Waals surface area contributed by atoms with Crippen molar-refractivity contribution in [2.75, 3.05) is 39.4 Å². The van der Waals surface area contributed by atoms with Gasteiger partial charge >= 0.3 is 0 Å². The zero-order valence-corrected chi connectivity index (χ0v) is 17.7. The molecular formula is C19H23BrN2O3S. The highest BCUT2D eigenvalue weighted by Crippen LogP contribution is 2.37. The standard InChI is InChI=1S/C19H23BrN2O3S/c1-22(11-13-9-10-15(24-2)19(25-3)18(13)20)12-17(23)21-14-7-5-6-8-16(14)26-4/h5-10H,11-12H2,1-4H3,(H,21,23). The molecule has 0 bridgehead atoms. The van der Waals surface area contributed by atoms with E-state index in [1.54, 1.807) is 26.0 Å². The average molecular weight is 439 g/mol. The molecule has 2 rings (SSSR count). The number of rotatable bonds is 8. The van der Waals surface area contributed by atoms with Gasteiger partial charge in [0, 0.05) is 11.4 Å². The lowest BCUT2D eigenvalue weighted by atomic mass is 10.2. The summed E-state index contributed by atoms with van der Waals surface area (Å²) in [5, 5.41) is 2.98. The molecule has 0 heterocycles. The third-order valence-corrected chi connectivity index (χ3v) is 5.47. The summed E-state index contributed by atoms with van der Waals surface area (Å²) >= 11 is 5.17.